The molecule has 2 aromatic rings. The van der Waals surface area contributed by atoms with Crippen molar-refractivity contribution in [2.45, 2.75) is 26.7 Å². The van der Waals surface area contributed by atoms with Crippen LogP contribution in [0.3, 0.4) is 0 Å². The summed E-state index contributed by atoms with van der Waals surface area (Å²) in [6, 6.07) is 10.4. The maximum absolute atomic E-state index is 13.5. The van der Waals surface area contributed by atoms with Crippen molar-refractivity contribution in [1.82, 2.24) is 0 Å². The van der Waals surface area contributed by atoms with Gasteiger partial charge in [-0.15, -0.1) is 0 Å². The second-order valence-corrected chi connectivity index (χ2v) is 5.90. The summed E-state index contributed by atoms with van der Waals surface area (Å²) >= 11 is 0. The number of carbonyl (C=O) groups is 2. The van der Waals surface area contributed by atoms with E-state index in [4.69, 9.17) is 14.2 Å². The van der Waals surface area contributed by atoms with Crippen LogP contribution in [0.2, 0.25) is 0 Å². The maximum atomic E-state index is 13.5. The summed E-state index contributed by atoms with van der Waals surface area (Å²) in [4.78, 5) is 24.1. The Labute approximate surface area is 163 Å². The van der Waals surface area contributed by atoms with Crippen molar-refractivity contribution in [3.8, 4) is 11.5 Å². The third kappa shape index (κ3) is 6.26. The van der Waals surface area contributed by atoms with Crippen molar-refractivity contribution < 1.29 is 28.2 Å². The van der Waals surface area contributed by atoms with Gasteiger partial charge in [0.05, 0.1) is 24.5 Å². The van der Waals surface area contributed by atoms with E-state index in [9.17, 15) is 14.0 Å². The normalized spacial score (nSPS) is 10.2. The molecule has 0 heterocycles. The summed E-state index contributed by atoms with van der Waals surface area (Å²) in [7, 11) is 0. The molecule has 1 N–H and O–H groups in total. The molecule has 0 bridgehead atoms. The standard InChI is InChI=1S/C21H24FNO5/c1-3-5-12-27-18-11-10-15(13-19(18)26-4-2)21(25)28-14-20(24)23-17-9-7-6-8-16(17)22/h6-11,13H,3-5,12,14H2,1-2H3,(H,23,24). The number of carbonyl (C=O) groups excluding carboxylic acids is 2. The van der Waals surface area contributed by atoms with Gasteiger partial charge in [0.25, 0.3) is 5.91 Å². The zero-order chi connectivity index (χ0) is 20.4. The molecule has 0 aliphatic rings. The number of amides is 1. The van der Waals surface area contributed by atoms with Crippen molar-refractivity contribution in [2.75, 3.05) is 25.1 Å². The molecular weight excluding hydrogens is 365 g/mol. The number of hydrogen-bond acceptors (Lipinski definition) is 5. The van der Waals surface area contributed by atoms with E-state index in [1.165, 1.54) is 24.3 Å². The number of anilines is 1. The number of nitrogens with one attached hydrogen (secondary N) is 1. The average molecular weight is 389 g/mol. The molecule has 0 fully saturated rings. The van der Waals surface area contributed by atoms with Crippen LogP contribution >= 0.6 is 0 Å². The molecule has 6 nitrogen and oxygen atoms in total. The zero-order valence-corrected chi connectivity index (χ0v) is 16.0. The van der Waals surface area contributed by atoms with Gasteiger partial charge in [0.1, 0.15) is 5.82 Å². The summed E-state index contributed by atoms with van der Waals surface area (Å²) in [5, 5.41) is 2.35. The molecule has 2 aromatic carbocycles. The highest BCUT2D eigenvalue weighted by molar-refractivity contribution is 5.95. The molecule has 0 spiro atoms. The highest BCUT2D eigenvalue weighted by Crippen LogP contribution is 2.29. The first-order valence-corrected chi connectivity index (χ1v) is 9.16. The van der Waals surface area contributed by atoms with Gasteiger partial charge in [-0.1, -0.05) is 25.5 Å². The minimum Gasteiger partial charge on any atom is -0.490 e. The predicted molar refractivity (Wildman–Crippen MR) is 103 cm³/mol. The Hall–Kier alpha value is -3.09. The lowest BCUT2D eigenvalue weighted by Crippen LogP contribution is -2.21. The van der Waals surface area contributed by atoms with Crippen LogP contribution in [-0.2, 0) is 9.53 Å². The van der Waals surface area contributed by atoms with Gasteiger partial charge in [-0.25, -0.2) is 9.18 Å². The van der Waals surface area contributed by atoms with Gasteiger partial charge >= 0.3 is 5.97 Å². The van der Waals surface area contributed by atoms with Crippen molar-refractivity contribution in [3.63, 3.8) is 0 Å². The van der Waals surface area contributed by atoms with Gasteiger partial charge in [0, 0.05) is 0 Å². The molecule has 0 unspecified atom stereocenters. The Morgan fingerprint density at radius 2 is 1.82 bits per heavy atom. The molecule has 28 heavy (non-hydrogen) atoms. The lowest BCUT2D eigenvalue weighted by atomic mass is 10.2. The second kappa shape index (κ2) is 10.9. The van der Waals surface area contributed by atoms with Crippen LogP contribution in [0.15, 0.2) is 42.5 Å². The van der Waals surface area contributed by atoms with E-state index < -0.39 is 24.3 Å². The van der Waals surface area contributed by atoms with Crippen LogP contribution in [0.1, 0.15) is 37.0 Å². The maximum Gasteiger partial charge on any atom is 0.338 e. The van der Waals surface area contributed by atoms with Crippen molar-refractivity contribution in [2.24, 2.45) is 0 Å². The van der Waals surface area contributed by atoms with Gasteiger partial charge in [-0.3, -0.25) is 4.79 Å². The zero-order valence-electron chi connectivity index (χ0n) is 16.0. The summed E-state index contributed by atoms with van der Waals surface area (Å²) in [6.45, 7) is 4.32. The van der Waals surface area contributed by atoms with Crippen LogP contribution in [0.4, 0.5) is 10.1 Å². The molecule has 2 rings (SSSR count). The first-order valence-electron chi connectivity index (χ1n) is 9.16. The topological polar surface area (TPSA) is 73.9 Å². The minimum atomic E-state index is -0.690. The highest BCUT2D eigenvalue weighted by Gasteiger charge is 2.15. The van der Waals surface area contributed by atoms with E-state index in [-0.39, 0.29) is 11.3 Å². The number of esters is 1. The molecule has 0 aliphatic carbocycles. The van der Waals surface area contributed by atoms with E-state index in [1.807, 2.05) is 6.92 Å². The Balaban J connectivity index is 1.96. The highest BCUT2D eigenvalue weighted by atomic mass is 19.1. The third-order valence-electron chi connectivity index (χ3n) is 3.72. The van der Waals surface area contributed by atoms with Crippen molar-refractivity contribution in [3.05, 3.63) is 53.8 Å². The van der Waals surface area contributed by atoms with E-state index in [0.29, 0.717) is 24.7 Å². The van der Waals surface area contributed by atoms with Crippen LogP contribution in [0, 0.1) is 5.82 Å². The minimum absolute atomic E-state index is 0.0239. The van der Waals surface area contributed by atoms with Gasteiger partial charge in [-0.05, 0) is 43.7 Å². The van der Waals surface area contributed by atoms with Gasteiger partial charge in [0.15, 0.2) is 18.1 Å². The van der Waals surface area contributed by atoms with E-state index in [0.717, 1.165) is 12.8 Å². The average Bonchev–Trinajstić information content (AvgIpc) is 2.69. The number of unbranched alkanes of at least 4 members (excludes halogenated alkanes) is 1. The number of hydrogen-bond donors (Lipinski definition) is 1. The summed E-state index contributed by atoms with van der Waals surface area (Å²) in [6.07, 6.45) is 1.91. The van der Waals surface area contributed by atoms with Gasteiger partial charge in [-0.2, -0.15) is 0 Å². The first-order chi connectivity index (χ1) is 13.5. The Morgan fingerprint density at radius 3 is 2.54 bits per heavy atom. The predicted octanol–water partition coefficient (Wildman–Crippen LogP) is 4.20. The molecule has 0 atom stereocenters. The number of benzene rings is 2. The van der Waals surface area contributed by atoms with Gasteiger partial charge in [0.2, 0.25) is 0 Å². The first kappa shape index (κ1) is 21.2. The third-order valence-corrected chi connectivity index (χ3v) is 3.72. The Bertz CT molecular complexity index is 809. The Kier molecular flexibility index (Phi) is 8.27. The lowest BCUT2D eigenvalue weighted by molar-refractivity contribution is -0.119. The molecule has 0 radical (unpaired) electrons. The van der Waals surface area contributed by atoms with Crippen molar-refractivity contribution >= 4 is 17.6 Å². The summed E-state index contributed by atoms with van der Waals surface area (Å²) in [5.74, 6) is -0.914. The SMILES string of the molecule is CCCCOc1ccc(C(=O)OCC(=O)Nc2ccccc2F)cc1OCC. The number of rotatable bonds is 10. The van der Waals surface area contributed by atoms with Crippen molar-refractivity contribution in [1.29, 1.82) is 0 Å². The van der Waals surface area contributed by atoms with Crippen LogP contribution in [0.5, 0.6) is 11.5 Å². The molecule has 150 valence electrons. The molecule has 0 aliphatic heterocycles. The monoisotopic (exact) mass is 389 g/mol. The fraction of sp³-hybridized carbons (Fsp3) is 0.333. The van der Waals surface area contributed by atoms with Crippen LogP contribution in [0.25, 0.3) is 0 Å². The molecule has 0 saturated heterocycles. The second-order valence-electron chi connectivity index (χ2n) is 5.90. The number of ether oxygens (including phenoxy) is 3. The van der Waals surface area contributed by atoms with Gasteiger partial charge < -0.3 is 19.5 Å². The summed E-state index contributed by atoms with van der Waals surface area (Å²) < 4.78 is 29.7. The van der Waals surface area contributed by atoms with Crippen LogP contribution < -0.4 is 14.8 Å². The molecule has 7 heteroatoms. The smallest absolute Gasteiger partial charge is 0.338 e. The van der Waals surface area contributed by atoms with E-state index in [1.54, 1.807) is 18.2 Å². The largest absolute Gasteiger partial charge is 0.490 e. The number of halogens is 1. The quantitative estimate of drug-likeness (QED) is 0.487. The lowest BCUT2D eigenvalue weighted by Gasteiger charge is -2.13. The summed E-state index contributed by atoms with van der Waals surface area (Å²) in [5.41, 5.74) is 0.251. The number of para-hydroxylation sites is 1. The van der Waals surface area contributed by atoms with E-state index in [2.05, 4.69) is 12.2 Å². The molecule has 1 amide bonds. The van der Waals surface area contributed by atoms with Crippen LogP contribution in [-0.4, -0.2) is 31.7 Å². The fourth-order valence-electron chi connectivity index (χ4n) is 2.31. The molecular formula is C21H24FNO5. The molecule has 0 aromatic heterocycles. The van der Waals surface area contributed by atoms with E-state index >= 15 is 0 Å². The fourth-order valence-corrected chi connectivity index (χ4v) is 2.31. The molecule has 0 saturated carbocycles. The Morgan fingerprint density at radius 1 is 1.04 bits per heavy atom.